The minimum absolute atomic E-state index is 0.0269. The van der Waals surface area contributed by atoms with Gasteiger partial charge in [-0.15, -0.1) is 0 Å². The molecule has 22 heavy (non-hydrogen) atoms. The first-order valence-electron chi connectivity index (χ1n) is 7.18. The molecule has 1 aliphatic heterocycles. The van der Waals surface area contributed by atoms with E-state index in [1.165, 1.54) is 0 Å². The summed E-state index contributed by atoms with van der Waals surface area (Å²) in [4.78, 5) is 30.5. The molecule has 3 rings (SSSR count). The van der Waals surface area contributed by atoms with Crippen LogP contribution in [0.3, 0.4) is 0 Å². The van der Waals surface area contributed by atoms with Crippen LogP contribution >= 0.6 is 0 Å². The van der Waals surface area contributed by atoms with Gasteiger partial charge in [0.2, 0.25) is 11.9 Å². The summed E-state index contributed by atoms with van der Waals surface area (Å²) in [6.45, 7) is 5.29. The first-order chi connectivity index (χ1) is 10.6. The molecule has 0 aliphatic carbocycles. The molecule has 0 atom stereocenters. The van der Waals surface area contributed by atoms with Crippen LogP contribution in [-0.2, 0) is 17.9 Å². The van der Waals surface area contributed by atoms with Gasteiger partial charge < -0.3 is 14.6 Å². The molecule has 7 nitrogen and oxygen atoms in total. The third kappa shape index (κ3) is 2.61. The molecule has 0 unspecified atom stereocenters. The Balaban J connectivity index is 1.69. The number of aryl methyl sites for hydroxylation is 1. The van der Waals surface area contributed by atoms with Crippen LogP contribution in [0.5, 0.6) is 0 Å². The second-order valence-electron chi connectivity index (χ2n) is 5.36. The number of hydrogen-bond acceptors (Lipinski definition) is 5. The van der Waals surface area contributed by atoms with E-state index in [9.17, 15) is 9.59 Å². The molecule has 1 aliphatic rings. The minimum atomic E-state index is -0.127. The molecule has 116 valence electrons. The second-order valence-corrected chi connectivity index (χ2v) is 5.36. The maximum absolute atomic E-state index is 12.2. The number of furan rings is 1. The van der Waals surface area contributed by atoms with Gasteiger partial charge in [-0.3, -0.25) is 14.2 Å². The molecule has 3 heterocycles. The fourth-order valence-electron chi connectivity index (χ4n) is 2.48. The van der Waals surface area contributed by atoms with Gasteiger partial charge in [-0.1, -0.05) is 0 Å². The summed E-state index contributed by atoms with van der Waals surface area (Å²) in [5, 5.41) is 2.79. The molecule has 0 saturated carbocycles. The average molecular weight is 302 g/mol. The first-order valence-corrected chi connectivity index (χ1v) is 7.18. The Hall–Kier alpha value is -2.57. The van der Waals surface area contributed by atoms with E-state index in [1.807, 2.05) is 11.8 Å². The molecule has 2 aromatic heterocycles. The predicted molar refractivity (Wildman–Crippen MR) is 80.7 cm³/mol. The molecule has 1 N–H and O–H groups in total. The third-order valence-electron chi connectivity index (χ3n) is 3.87. The van der Waals surface area contributed by atoms with Crippen molar-refractivity contribution < 1.29 is 9.21 Å². The van der Waals surface area contributed by atoms with Crippen LogP contribution in [0.4, 0.5) is 5.95 Å². The Morgan fingerprint density at radius 3 is 2.95 bits per heavy atom. The van der Waals surface area contributed by atoms with E-state index in [0.717, 1.165) is 0 Å². The fraction of sp³-hybridized carbons (Fsp3) is 0.400. The molecule has 0 radical (unpaired) electrons. The quantitative estimate of drug-likeness (QED) is 0.894. The highest BCUT2D eigenvalue weighted by Crippen LogP contribution is 2.17. The van der Waals surface area contributed by atoms with Gasteiger partial charge in [-0.05, 0) is 26.0 Å². The number of anilines is 1. The number of amides is 1. The SMILES string of the molecule is Cc1nc2n(c(=O)c1C)CCN2CC(=O)NCc1ccco1. The Morgan fingerprint density at radius 2 is 2.23 bits per heavy atom. The zero-order valence-corrected chi connectivity index (χ0v) is 12.6. The molecule has 7 heteroatoms. The van der Waals surface area contributed by atoms with Crippen molar-refractivity contribution >= 4 is 11.9 Å². The highest BCUT2D eigenvalue weighted by molar-refractivity contribution is 5.80. The van der Waals surface area contributed by atoms with Crippen molar-refractivity contribution in [1.29, 1.82) is 0 Å². The summed E-state index contributed by atoms with van der Waals surface area (Å²) < 4.78 is 6.80. The zero-order chi connectivity index (χ0) is 15.7. The number of nitrogens with zero attached hydrogens (tertiary/aromatic N) is 3. The van der Waals surface area contributed by atoms with Crippen LogP contribution in [0.25, 0.3) is 0 Å². The number of fused-ring (bicyclic) bond motifs is 1. The average Bonchev–Trinajstić information content (AvgIpc) is 3.13. The Morgan fingerprint density at radius 1 is 1.41 bits per heavy atom. The summed E-state index contributed by atoms with van der Waals surface area (Å²) in [5.74, 6) is 1.15. The van der Waals surface area contributed by atoms with Crippen molar-refractivity contribution in [1.82, 2.24) is 14.9 Å². The van der Waals surface area contributed by atoms with Crippen LogP contribution in [0, 0.1) is 13.8 Å². The molecule has 1 amide bonds. The zero-order valence-electron chi connectivity index (χ0n) is 12.6. The molecular weight excluding hydrogens is 284 g/mol. The van der Waals surface area contributed by atoms with Crippen molar-refractivity contribution in [2.45, 2.75) is 26.9 Å². The largest absolute Gasteiger partial charge is 0.467 e. The Kier molecular flexibility index (Phi) is 3.70. The van der Waals surface area contributed by atoms with Crippen LogP contribution in [-0.4, -0.2) is 28.5 Å². The van der Waals surface area contributed by atoms with Crippen molar-refractivity contribution in [3.8, 4) is 0 Å². The van der Waals surface area contributed by atoms with Gasteiger partial charge in [0.1, 0.15) is 5.76 Å². The second kappa shape index (κ2) is 5.67. The first kappa shape index (κ1) is 14.4. The minimum Gasteiger partial charge on any atom is -0.467 e. The lowest BCUT2D eigenvalue weighted by molar-refractivity contribution is -0.120. The molecule has 0 spiro atoms. The fourth-order valence-corrected chi connectivity index (χ4v) is 2.48. The normalized spacial score (nSPS) is 13.3. The van der Waals surface area contributed by atoms with E-state index in [1.54, 1.807) is 29.9 Å². The van der Waals surface area contributed by atoms with Gasteiger partial charge in [0.15, 0.2) is 0 Å². The number of rotatable bonds is 4. The number of hydrogen-bond donors (Lipinski definition) is 1. The summed E-state index contributed by atoms with van der Waals surface area (Å²) in [6, 6.07) is 3.58. The van der Waals surface area contributed by atoms with Gasteiger partial charge in [-0.2, -0.15) is 0 Å². The summed E-state index contributed by atoms with van der Waals surface area (Å²) in [7, 11) is 0. The maximum atomic E-state index is 12.2. The molecule has 0 bridgehead atoms. The highest BCUT2D eigenvalue weighted by atomic mass is 16.3. The number of carbonyl (C=O) groups excluding carboxylic acids is 1. The topological polar surface area (TPSA) is 80.4 Å². The van der Waals surface area contributed by atoms with Gasteiger partial charge in [0.25, 0.3) is 5.56 Å². The Labute approximate surface area is 127 Å². The Bertz CT molecular complexity index is 749. The van der Waals surface area contributed by atoms with E-state index in [4.69, 9.17) is 4.42 Å². The van der Waals surface area contributed by atoms with Gasteiger partial charge >= 0.3 is 0 Å². The molecule has 0 saturated heterocycles. The predicted octanol–water partition coefficient (Wildman–Crippen LogP) is 0.590. The maximum Gasteiger partial charge on any atom is 0.258 e. The standard InChI is InChI=1S/C15H18N4O3/c1-10-11(2)17-15-18(5-6-19(15)14(10)21)9-13(20)16-8-12-4-3-7-22-12/h3-4,7H,5-6,8-9H2,1-2H3,(H,16,20). The van der Waals surface area contributed by atoms with Crippen molar-refractivity contribution in [3.63, 3.8) is 0 Å². The van der Waals surface area contributed by atoms with Crippen molar-refractivity contribution in [3.05, 3.63) is 45.8 Å². The van der Waals surface area contributed by atoms with Crippen molar-refractivity contribution in [2.75, 3.05) is 18.0 Å². The third-order valence-corrected chi connectivity index (χ3v) is 3.87. The lowest BCUT2D eigenvalue weighted by Crippen LogP contribution is -2.36. The number of nitrogens with one attached hydrogen (secondary N) is 1. The lowest BCUT2D eigenvalue weighted by atomic mass is 10.3. The van der Waals surface area contributed by atoms with Gasteiger partial charge in [-0.25, -0.2) is 4.98 Å². The van der Waals surface area contributed by atoms with E-state index < -0.39 is 0 Å². The van der Waals surface area contributed by atoms with E-state index >= 15 is 0 Å². The summed E-state index contributed by atoms with van der Waals surface area (Å²) in [5.41, 5.74) is 1.34. The smallest absolute Gasteiger partial charge is 0.258 e. The van der Waals surface area contributed by atoms with Gasteiger partial charge in [0, 0.05) is 24.3 Å². The molecule has 0 aromatic carbocycles. The number of aromatic nitrogens is 2. The monoisotopic (exact) mass is 302 g/mol. The molecule has 2 aromatic rings. The van der Waals surface area contributed by atoms with Crippen molar-refractivity contribution in [2.24, 2.45) is 0 Å². The molecule has 0 fully saturated rings. The lowest BCUT2D eigenvalue weighted by Gasteiger charge is -2.17. The highest BCUT2D eigenvalue weighted by Gasteiger charge is 2.25. The van der Waals surface area contributed by atoms with E-state index in [2.05, 4.69) is 10.3 Å². The van der Waals surface area contributed by atoms with Crippen LogP contribution in [0.15, 0.2) is 27.6 Å². The van der Waals surface area contributed by atoms with Crippen LogP contribution in [0.2, 0.25) is 0 Å². The number of carbonyl (C=O) groups is 1. The molecular formula is C15H18N4O3. The van der Waals surface area contributed by atoms with Crippen LogP contribution < -0.4 is 15.8 Å². The van der Waals surface area contributed by atoms with E-state index in [-0.39, 0.29) is 18.0 Å². The van der Waals surface area contributed by atoms with Crippen LogP contribution in [0.1, 0.15) is 17.0 Å². The summed E-state index contributed by atoms with van der Waals surface area (Å²) >= 11 is 0. The summed E-state index contributed by atoms with van der Waals surface area (Å²) in [6.07, 6.45) is 1.57. The van der Waals surface area contributed by atoms with E-state index in [0.29, 0.717) is 42.6 Å². The van der Waals surface area contributed by atoms with Gasteiger partial charge in [0.05, 0.1) is 19.4 Å².